The molecule has 8 aromatic rings. The number of furan rings is 1. The van der Waals surface area contributed by atoms with Gasteiger partial charge in [-0.15, -0.1) is 0 Å². The zero-order valence-electron chi connectivity index (χ0n) is 24.9. The molecule has 0 fully saturated rings. The molecule has 0 spiro atoms. The van der Waals surface area contributed by atoms with Crippen LogP contribution in [0.3, 0.4) is 0 Å². The minimum absolute atomic E-state index is 0.799. The molecule has 0 aliphatic carbocycles. The molecule has 4 aromatic carbocycles. The molecule has 4 aromatic heterocycles. The van der Waals surface area contributed by atoms with Gasteiger partial charge in [0.1, 0.15) is 11.3 Å². The highest BCUT2D eigenvalue weighted by molar-refractivity contribution is 6.20. The Morgan fingerprint density at radius 1 is 0.652 bits per heavy atom. The number of allylic oxidation sites excluding steroid dienone is 2. The first-order valence-electron chi connectivity index (χ1n) is 15.4. The number of aromatic nitrogens is 3. The number of benzene rings is 4. The molecule has 218 valence electrons. The Hall–Kier alpha value is -6.20. The molecule has 0 atom stereocenters. The summed E-state index contributed by atoms with van der Waals surface area (Å²) in [5, 5.41) is 6.63. The van der Waals surface area contributed by atoms with E-state index in [1.165, 1.54) is 5.57 Å². The third-order valence-corrected chi connectivity index (χ3v) is 8.73. The molecule has 0 saturated carbocycles. The summed E-state index contributed by atoms with van der Waals surface area (Å²) in [5.74, 6) is 0.872. The fourth-order valence-corrected chi connectivity index (χ4v) is 6.56. The molecule has 5 heterocycles. The third-order valence-electron chi connectivity index (χ3n) is 8.73. The lowest BCUT2D eigenvalue weighted by atomic mass is 9.99. The molecule has 5 heteroatoms. The van der Waals surface area contributed by atoms with Crippen molar-refractivity contribution in [2.45, 2.75) is 0 Å². The smallest absolute Gasteiger partial charge is 0.144 e. The molecular weight excluding hydrogens is 564 g/mol. The van der Waals surface area contributed by atoms with Crippen LogP contribution in [0.2, 0.25) is 0 Å². The maximum absolute atomic E-state index is 6.60. The van der Waals surface area contributed by atoms with Gasteiger partial charge in [-0.3, -0.25) is 4.98 Å². The first-order chi connectivity index (χ1) is 22.8. The highest BCUT2D eigenvalue weighted by Gasteiger charge is 2.19. The number of nitrogens with one attached hydrogen (secondary N) is 1. The minimum atomic E-state index is 0.799. The molecule has 1 aliphatic rings. The number of nitrogens with zero attached hydrogens (tertiary/aromatic N) is 3. The lowest BCUT2D eigenvalue weighted by molar-refractivity contribution is 0.635. The van der Waals surface area contributed by atoms with Crippen molar-refractivity contribution in [1.29, 1.82) is 0 Å². The standard InChI is InChI=1S/C41H28N4O/c1-2-7-29(8-3-1)39-26-31-13-14-38-40(41(31)46-39)34-11-4-5-12-37(34)45(38)33-10-6-9-30(23-33)36-25-32(27-15-19-42-20-16-27)24-35(44-36)28-17-21-43-22-18-28/h1-19,21-26,42H,20H2. The lowest BCUT2D eigenvalue weighted by Gasteiger charge is -2.14. The Bertz CT molecular complexity index is 2470. The summed E-state index contributed by atoms with van der Waals surface area (Å²) in [5.41, 5.74) is 11.5. The molecule has 1 N–H and O–H groups in total. The molecule has 5 nitrogen and oxygen atoms in total. The molecule has 1 aliphatic heterocycles. The van der Waals surface area contributed by atoms with Gasteiger partial charge < -0.3 is 14.3 Å². The average molecular weight is 593 g/mol. The second kappa shape index (κ2) is 10.8. The van der Waals surface area contributed by atoms with Crippen molar-refractivity contribution in [2.75, 3.05) is 6.54 Å². The van der Waals surface area contributed by atoms with Crippen molar-refractivity contribution in [1.82, 2.24) is 19.9 Å². The van der Waals surface area contributed by atoms with Crippen LogP contribution in [0.5, 0.6) is 0 Å². The molecule has 0 radical (unpaired) electrons. The Morgan fingerprint density at radius 3 is 2.30 bits per heavy atom. The summed E-state index contributed by atoms with van der Waals surface area (Å²) in [6.45, 7) is 0.799. The van der Waals surface area contributed by atoms with Crippen LogP contribution in [0.1, 0.15) is 5.56 Å². The Kier molecular flexibility index (Phi) is 6.13. The highest BCUT2D eigenvalue weighted by Crippen LogP contribution is 2.40. The van der Waals surface area contributed by atoms with E-state index in [9.17, 15) is 0 Å². The van der Waals surface area contributed by atoms with Crippen molar-refractivity contribution < 1.29 is 4.42 Å². The van der Waals surface area contributed by atoms with Crippen molar-refractivity contribution in [3.8, 4) is 39.5 Å². The molecule has 0 amide bonds. The monoisotopic (exact) mass is 592 g/mol. The molecule has 0 bridgehead atoms. The van der Waals surface area contributed by atoms with Gasteiger partial charge in [-0.05, 0) is 84.1 Å². The number of rotatable bonds is 5. The fraction of sp³-hybridized carbons (Fsp3) is 0.0244. The van der Waals surface area contributed by atoms with Crippen molar-refractivity contribution in [3.63, 3.8) is 0 Å². The number of dihydropyridines is 1. The van der Waals surface area contributed by atoms with Crippen LogP contribution in [-0.4, -0.2) is 21.1 Å². The lowest BCUT2D eigenvalue weighted by Crippen LogP contribution is -2.08. The number of hydrogen-bond donors (Lipinski definition) is 1. The third kappa shape index (κ3) is 4.41. The topological polar surface area (TPSA) is 55.9 Å². The second-order valence-corrected chi connectivity index (χ2v) is 11.5. The summed E-state index contributed by atoms with van der Waals surface area (Å²) >= 11 is 0. The largest absolute Gasteiger partial charge is 0.455 e. The summed E-state index contributed by atoms with van der Waals surface area (Å²) in [6, 6.07) is 42.4. The van der Waals surface area contributed by atoms with Crippen LogP contribution in [-0.2, 0) is 0 Å². The summed E-state index contributed by atoms with van der Waals surface area (Å²) in [6.07, 6.45) is 9.96. The molecule has 46 heavy (non-hydrogen) atoms. The van der Waals surface area contributed by atoms with Crippen molar-refractivity contribution in [3.05, 3.63) is 158 Å². The maximum Gasteiger partial charge on any atom is 0.144 e. The van der Waals surface area contributed by atoms with Gasteiger partial charge in [0.15, 0.2) is 0 Å². The van der Waals surface area contributed by atoms with E-state index in [4.69, 9.17) is 9.40 Å². The van der Waals surface area contributed by atoms with Crippen LogP contribution in [0, 0.1) is 0 Å². The van der Waals surface area contributed by atoms with Gasteiger partial charge in [0, 0.05) is 52.1 Å². The molecule has 9 rings (SSSR count). The summed E-state index contributed by atoms with van der Waals surface area (Å²) in [7, 11) is 0. The Labute approximate surface area is 265 Å². The van der Waals surface area contributed by atoms with E-state index >= 15 is 0 Å². The summed E-state index contributed by atoms with van der Waals surface area (Å²) in [4.78, 5) is 9.39. The predicted octanol–water partition coefficient (Wildman–Crippen LogP) is 9.82. The van der Waals surface area contributed by atoms with Gasteiger partial charge in [0.2, 0.25) is 0 Å². The van der Waals surface area contributed by atoms with E-state index in [2.05, 4.69) is 118 Å². The Balaban J connectivity index is 1.23. The maximum atomic E-state index is 6.60. The van der Waals surface area contributed by atoms with E-state index in [0.29, 0.717) is 0 Å². The second-order valence-electron chi connectivity index (χ2n) is 11.5. The van der Waals surface area contributed by atoms with Crippen LogP contribution >= 0.6 is 0 Å². The Morgan fingerprint density at radius 2 is 1.46 bits per heavy atom. The SMILES string of the molecule is C1=CC(c2cc(-c3ccncc3)nc(-c3cccc(-n4c5ccccc5c5c6oc(-c7ccccc7)cc6ccc54)c3)c2)=CCN1. The first kappa shape index (κ1) is 26.2. The van der Waals surface area contributed by atoms with Crippen LogP contribution in [0.25, 0.3) is 77.9 Å². The van der Waals surface area contributed by atoms with Gasteiger partial charge in [-0.1, -0.05) is 66.7 Å². The van der Waals surface area contributed by atoms with Crippen LogP contribution < -0.4 is 5.32 Å². The molecule has 0 saturated heterocycles. The normalized spacial score (nSPS) is 12.9. The molecular formula is C41H28N4O. The van der Waals surface area contributed by atoms with Gasteiger partial charge >= 0.3 is 0 Å². The van der Waals surface area contributed by atoms with Crippen LogP contribution in [0.15, 0.2) is 156 Å². The minimum Gasteiger partial charge on any atom is -0.455 e. The number of fused-ring (bicyclic) bond motifs is 5. The summed E-state index contributed by atoms with van der Waals surface area (Å²) < 4.78 is 8.94. The van der Waals surface area contributed by atoms with Gasteiger partial charge in [-0.25, -0.2) is 4.98 Å². The van der Waals surface area contributed by atoms with E-state index < -0.39 is 0 Å². The highest BCUT2D eigenvalue weighted by atomic mass is 16.3. The van der Waals surface area contributed by atoms with Gasteiger partial charge in [0.05, 0.1) is 27.8 Å². The van der Waals surface area contributed by atoms with Crippen molar-refractivity contribution >= 4 is 38.3 Å². The molecule has 0 unspecified atom stereocenters. The van der Waals surface area contributed by atoms with E-state index in [1.54, 1.807) is 0 Å². The first-order valence-corrected chi connectivity index (χ1v) is 15.4. The zero-order chi connectivity index (χ0) is 30.5. The van der Waals surface area contributed by atoms with Gasteiger partial charge in [0.25, 0.3) is 0 Å². The van der Waals surface area contributed by atoms with E-state index in [0.717, 1.165) is 84.4 Å². The van der Waals surface area contributed by atoms with Crippen molar-refractivity contribution in [2.24, 2.45) is 0 Å². The number of para-hydroxylation sites is 1. The predicted molar refractivity (Wildman–Crippen MR) is 188 cm³/mol. The van der Waals surface area contributed by atoms with Gasteiger partial charge in [-0.2, -0.15) is 0 Å². The van der Waals surface area contributed by atoms with E-state index in [-0.39, 0.29) is 0 Å². The van der Waals surface area contributed by atoms with Crippen LogP contribution in [0.4, 0.5) is 0 Å². The fourth-order valence-electron chi connectivity index (χ4n) is 6.56. The average Bonchev–Trinajstić information content (AvgIpc) is 3.72. The quantitative estimate of drug-likeness (QED) is 0.216. The van der Waals surface area contributed by atoms with E-state index in [1.807, 2.05) is 48.9 Å². The number of pyridine rings is 2. The number of hydrogen-bond acceptors (Lipinski definition) is 4. The zero-order valence-corrected chi connectivity index (χ0v) is 24.9.